The summed E-state index contributed by atoms with van der Waals surface area (Å²) >= 11 is 12.2. The van der Waals surface area contributed by atoms with E-state index in [1.807, 2.05) is 52.0 Å². The highest BCUT2D eigenvalue weighted by atomic mass is 35.5. The van der Waals surface area contributed by atoms with E-state index < -0.39 is 28.5 Å². The number of nitrogens with one attached hydrogen (secondary N) is 1. The Morgan fingerprint density at radius 2 is 1.57 bits per heavy atom. The molecule has 2 amide bonds. The molecule has 0 unspecified atom stereocenters. The summed E-state index contributed by atoms with van der Waals surface area (Å²) in [7, 11) is -4.20. The molecule has 3 aromatic rings. The molecule has 1 N–H and O–H groups in total. The first-order chi connectivity index (χ1) is 19.0. The van der Waals surface area contributed by atoms with Crippen LogP contribution >= 0.6 is 23.2 Å². The van der Waals surface area contributed by atoms with Crippen LogP contribution in [-0.2, 0) is 26.2 Å². The van der Waals surface area contributed by atoms with Crippen LogP contribution < -0.4 is 9.62 Å². The second kappa shape index (κ2) is 14.0. The molecule has 0 spiro atoms. The molecule has 0 aliphatic heterocycles. The molecule has 40 heavy (non-hydrogen) atoms. The van der Waals surface area contributed by atoms with Gasteiger partial charge in [-0.15, -0.1) is 0 Å². The molecule has 3 aromatic carbocycles. The molecule has 2 atom stereocenters. The van der Waals surface area contributed by atoms with E-state index in [0.717, 1.165) is 21.9 Å². The van der Waals surface area contributed by atoms with Crippen molar-refractivity contribution in [2.24, 2.45) is 0 Å². The number of nitrogens with zero attached hydrogens (tertiary/aromatic N) is 2. The van der Waals surface area contributed by atoms with Crippen molar-refractivity contribution in [3.63, 3.8) is 0 Å². The van der Waals surface area contributed by atoms with Crippen LogP contribution in [0.1, 0.15) is 44.7 Å². The van der Waals surface area contributed by atoms with Crippen LogP contribution in [0.2, 0.25) is 10.0 Å². The minimum absolute atomic E-state index is 0.0308. The van der Waals surface area contributed by atoms with Crippen LogP contribution in [0, 0.1) is 6.92 Å². The summed E-state index contributed by atoms with van der Waals surface area (Å²) in [5.74, 6) is -0.805. The number of carbonyl (C=O) groups excluding carboxylic acids is 2. The zero-order chi connectivity index (χ0) is 29.4. The van der Waals surface area contributed by atoms with Gasteiger partial charge in [-0.05, 0) is 80.3 Å². The van der Waals surface area contributed by atoms with Crippen molar-refractivity contribution < 1.29 is 18.0 Å². The Morgan fingerprint density at radius 3 is 2.17 bits per heavy atom. The molecule has 7 nitrogen and oxygen atoms in total. The van der Waals surface area contributed by atoms with Crippen LogP contribution in [0.25, 0.3) is 0 Å². The van der Waals surface area contributed by atoms with Gasteiger partial charge in [0.25, 0.3) is 10.0 Å². The summed E-state index contributed by atoms with van der Waals surface area (Å²) in [5, 5.41) is 3.67. The number of halogens is 2. The number of carbonyl (C=O) groups is 2. The lowest BCUT2D eigenvalue weighted by atomic mass is 10.1. The predicted octanol–water partition coefficient (Wildman–Crippen LogP) is 6.22. The van der Waals surface area contributed by atoms with Gasteiger partial charge < -0.3 is 10.2 Å². The van der Waals surface area contributed by atoms with Crippen molar-refractivity contribution in [3.05, 3.63) is 94.0 Å². The maximum Gasteiger partial charge on any atom is 0.264 e. The molecule has 214 valence electrons. The van der Waals surface area contributed by atoms with E-state index in [2.05, 4.69) is 5.32 Å². The molecule has 0 saturated carbocycles. The molecule has 0 aliphatic carbocycles. The Kier molecular flexibility index (Phi) is 11.0. The second-order valence-electron chi connectivity index (χ2n) is 9.64. The van der Waals surface area contributed by atoms with Gasteiger partial charge in [0.1, 0.15) is 12.6 Å². The van der Waals surface area contributed by atoms with Crippen LogP contribution in [0.4, 0.5) is 5.69 Å². The maximum atomic E-state index is 14.1. The van der Waals surface area contributed by atoms with Gasteiger partial charge >= 0.3 is 0 Å². The van der Waals surface area contributed by atoms with Gasteiger partial charge in [-0.1, -0.05) is 67.4 Å². The molecular weight excluding hydrogens is 569 g/mol. The van der Waals surface area contributed by atoms with Gasteiger partial charge in [-0.25, -0.2) is 8.42 Å². The van der Waals surface area contributed by atoms with E-state index in [9.17, 15) is 18.0 Å². The molecule has 0 fully saturated rings. The number of benzene rings is 3. The summed E-state index contributed by atoms with van der Waals surface area (Å²) in [6.07, 6.45) is 1.08. The van der Waals surface area contributed by atoms with Gasteiger partial charge in [0.2, 0.25) is 11.8 Å². The fourth-order valence-electron chi connectivity index (χ4n) is 4.23. The Hall–Kier alpha value is -3.07. The summed E-state index contributed by atoms with van der Waals surface area (Å²) in [4.78, 5) is 28.9. The van der Waals surface area contributed by atoms with E-state index in [1.54, 1.807) is 18.2 Å². The molecule has 0 saturated heterocycles. The lowest BCUT2D eigenvalue weighted by Crippen LogP contribution is -2.53. The lowest BCUT2D eigenvalue weighted by molar-refractivity contribution is -0.140. The predicted molar refractivity (Wildman–Crippen MR) is 161 cm³/mol. The Balaban J connectivity index is 2.07. The smallest absolute Gasteiger partial charge is 0.264 e. The van der Waals surface area contributed by atoms with E-state index in [0.29, 0.717) is 16.5 Å². The fourth-order valence-corrected chi connectivity index (χ4v) is 5.94. The first-order valence-electron chi connectivity index (χ1n) is 13.2. The highest BCUT2D eigenvalue weighted by Crippen LogP contribution is 2.28. The van der Waals surface area contributed by atoms with Crippen molar-refractivity contribution in [1.29, 1.82) is 0 Å². The Morgan fingerprint density at radius 1 is 0.900 bits per heavy atom. The lowest BCUT2D eigenvalue weighted by Gasteiger charge is -2.34. The normalized spacial score (nSPS) is 12.8. The third kappa shape index (κ3) is 7.77. The minimum Gasteiger partial charge on any atom is -0.352 e. The van der Waals surface area contributed by atoms with Crippen LogP contribution in [0.5, 0.6) is 0 Å². The van der Waals surface area contributed by atoms with Gasteiger partial charge in [0.15, 0.2) is 0 Å². The molecule has 0 bridgehead atoms. The molecule has 0 heterocycles. The number of hydrogen-bond donors (Lipinski definition) is 1. The molecule has 10 heteroatoms. The topological polar surface area (TPSA) is 86.8 Å². The first kappa shape index (κ1) is 31.5. The summed E-state index contributed by atoms with van der Waals surface area (Å²) in [5.41, 5.74) is 2.04. The standard InChI is InChI=1S/C30H35Cl2N3O4S/c1-5-22(4)33-30(37)28(6-2)34(19-23-11-8-7-10-21(23)3)29(36)20-35(26-13-9-12-25(32)18-26)40(38,39)27-16-14-24(31)15-17-27/h7-18,22,28H,5-6,19-20H2,1-4H3,(H,33,37)/t22-,28-/m0/s1. The van der Waals surface area contributed by atoms with Crippen LogP contribution in [0.3, 0.4) is 0 Å². The minimum atomic E-state index is -4.20. The fraction of sp³-hybridized carbons (Fsp3) is 0.333. The van der Waals surface area contributed by atoms with Crippen molar-refractivity contribution >= 4 is 50.7 Å². The molecule has 0 aliphatic rings. The Labute approximate surface area is 247 Å². The monoisotopic (exact) mass is 603 g/mol. The molecule has 0 aromatic heterocycles. The zero-order valence-electron chi connectivity index (χ0n) is 23.1. The number of aryl methyl sites for hydroxylation is 1. The second-order valence-corrected chi connectivity index (χ2v) is 12.4. The number of hydrogen-bond acceptors (Lipinski definition) is 4. The van der Waals surface area contributed by atoms with Crippen molar-refractivity contribution in [3.8, 4) is 0 Å². The van der Waals surface area contributed by atoms with Gasteiger partial charge in [0.05, 0.1) is 10.6 Å². The number of anilines is 1. The van der Waals surface area contributed by atoms with Crippen LogP contribution in [0.15, 0.2) is 77.7 Å². The molecule has 3 rings (SSSR count). The Bertz CT molecular complexity index is 1430. The average Bonchev–Trinajstić information content (AvgIpc) is 2.92. The van der Waals surface area contributed by atoms with Gasteiger partial charge in [-0.2, -0.15) is 0 Å². The van der Waals surface area contributed by atoms with Crippen molar-refractivity contribution in [1.82, 2.24) is 10.2 Å². The third-order valence-corrected chi connectivity index (χ3v) is 9.04. The van der Waals surface area contributed by atoms with E-state index in [4.69, 9.17) is 23.2 Å². The third-order valence-electron chi connectivity index (χ3n) is 6.77. The molecular formula is C30H35Cl2N3O4S. The van der Waals surface area contributed by atoms with Crippen molar-refractivity contribution in [2.45, 2.75) is 64.1 Å². The summed E-state index contributed by atoms with van der Waals surface area (Å²) in [6, 6.07) is 18.7. The number of amides is 2. The van der Waals surface area contributed by atoms with Gasteiger partial charge in [-0.3, -0.25) is 13.9 Å². The largest absolute Gasteiger partial charge is 0.352 e. The van der Waals surface area contributed by atoms with E-state index in [1.165, 1.54) is 35.2 Å². The quantitative estimate of drug-likeness (QED) is 0.266. The number of rotatable bonds is 12. The highest BCUT2D eigenvalue weighted by molar-refractivity contribution is 7.92. The SMILES string of the molecule is CC[C@H](C)NC(=O)[C@H](CC)N(Cc1ccccc1C)C(=O)CN(c1cccc(Cl)c1)S(=O)(=O)c1ccc(Cl)cc1. The summed E-state index contributed by atoms with van der Waals surface area (Å²) < 4.78 is 28.8. The number of sulfonamides is 1. The first-order valence-corrected chi connectivity index (χ1v) is 15.4. The molecule has 0 radical (unpaired) electrons. The van der Waals surface area contributed by atoms with Gasteiger partial charge in [0, 0.05) is 22.6 Å². The maximum absolute atomic E-state index is 14.1. The highest BCUT2D eigenvalue weighted by Gasteiger charge is 2.34. The van der Waals surface area contributed by atoms with Crippen molar-refractivity contribution in [2.75, 3.05) is 10.8 Å². The van der Waals surface area contributed by atoms with E-state index in [-0.39, 0.29) is 29.1 Å². The van der Waals surface area contributed by atoms with E-state index >= 15 is 0 Å². The van der Waals surface area contributed by atoms with Crippen LogP contribution in [-0.4, -0.2) is 43.8 Å². The average molecular weight is 605 g/mol. The zero-order valence-corrected chi connectivity index (χ0v) is 25.4. The summed E-state index contributed by atoms with van der Waals surface area (Å²) in [6.45, 7) is 7.23.